The number of hydrogen-bond acceptors (Lipinski definition) is 5. The molecule has 1 fully saturated rings. The average Bonchev–Trinajstić information content (AvgIpc) is 2.98. The van der Waals surface area contributed by atoms with Crippen molar-refractivity contribution in [3.05, 3.63) is 34.9 Å². The van der Waals surface area contributed by atoms with E-state index in [4.69, 9.17) is 14.2 Å². The van der Waals surface area contributed by atoms with Crippen molar-refractivity contribution in [2.75, 3.05) is 34.4 Å². The molecule has 1 spiro atoms. The minimum Gasteiger partial charge on any atom is -0.493 e. The molecule has 1 saturated heterocycles. The molecule has 128 valence electrons. The summed E-state index contributed by atoms with van der Waals surface area (Å²) in [6.45, 7) is 1.98. The molecule has 5 nitrogen and oxygen atoms in total. The van der Waals surface area contributed by atoms with Crippen LogP contribution in [0.5, 0.6) is 11.5 Å². The van der Waals surface area contributed by atoms with Crippen LogP contribution >= 0.6 is 0 Å². The summed E-state index contributed by atoms with van der Waals surface area (Å²) in [7, 11) is 4.95. The molecule has 1 aliphatic carbocycles. The van der Waals surface area contributed by atoms with Crippen molar-refractivity contribution in [1.82, 2.24) is 4.90 Å². The fourth-order valence-corrected chi connectivity index (χ4v) is 4.67. The van der Waals surface area contributed by atoms with E-state index in [1.54, 1.807) is 21.3 Å². The first-order valence-corrected chi connectivity index (χ1v) is 8.42. The molecule has 1 unspecified atom stereocenters. The number of hydrogen-bond donors (Lipinski definition) is 0. The van der Waals surface area contributed by atoms with Crippen LogP contribution in [0.15, 0.2) is 23.8 Å². The number of methoxy groups -OCH3 is 3. The molecule has 0 bridgehead atoms. The molecule has 0 aromatic heterocycles. The minimum absolute atomic E-state index is 0.0903. The van der Waals surface area contributed by atoms with Crippen LogP contribution in [0.2, 0.25) is 0 Å². The van der Waals surface area contributed by atoms with E-state index in [0.717, 1.165) is 37.4 Å². The van der Waals surface area contributed by atoms with Gasteiger partial charge in [0.15, 0.2) is 17.3 Å². The highest BCUT2D eigenvalue weighted by atomic mass is 16.5. The van der Waals surface area contributed by atoms with Crippen LogP contribution in [0.4, 0.5) is 0 Å². The summed E-state index contributed by atoms with van der Waals surface area (Å²) in [5.74, 6) is 1.59. The van der Waals surface area contributed by atoms with Crippen LogP contribution in [0.25, 0.3) is 0 Å². The van der Waals surface area contributed by atoms with E-state index in [9.17, 15) is 4.79 Å². The van der Waals surface area contributed by atoms with Crippen molar-refractivity contribution >= 4 is 5.78 Å². The monoisotopic (exact) mass is 329 g/mol. The van der Waals surface area contributed by atoms with E-state index >= 15 is 0 Å². The lowest BCUT2D eigenvalue weighted by atomic mass is 9.70. The fourth-order valence-electron chi connectivity index (χ4n) is 4.67. The maximum atomic E-state index is 12.3. The molecule has 24 heavy (non-hydrogen) atoms. The summed E-state index contributed by atoms with van der Waals surface area (Å²) in [5, 5.41) is 0. The Morgan fingerprint density at radius 1 is 1.08 bits per heavy atom. The molecule has 0 amide bonds. The lowest BCUT2D eigenvalue weighted by molar-refractivity contribution is -0.127. The van der Waals surface area contributed by atoms with Gasteiger partial charge in [0.1, 0.15) is 6.10 Å². The summed E-state index contributed by atoms with van der Waals surface area (Å²) < 4.78 is 16.5. The van der Waals surface area contributed by atoms with Crippen molar-refractivity contribution < 1.29 is 19.0 Å². The third-order valence-corrected chi connectivity index (χ3v) is 5.83. The summed E-state index contributed by atoms with van der Waals surface area (Å²) in [6, 6.07) is 4.19. The van der Waals surface area contributed by atoms with Crippen LogP contribution < -0.4 is 9.47 Å². The Hall–Kier alpha value is -1.85. The highest BCUT2D eigenvalue weighted by Gasteiger charge is 2.53. The second kappa shape index (κ2) is 5.60. The van der Waals surface area contributed by atoms with Gasteiger partial charge in [-0.05, 0) is 47.8 Å². The van der Waals surface area contributed by atoms with E-state index in [2.05, 4.69) is 17.0 Å². The fraction of sp³-hybridized carbons (Fsp3) is 0.526. The maximum absolute atomic E-state index is 12.3. The van der Waals surface area contributed by atoms with Crippen molar-refractivity contribution in [2.45, 2.75) is 30.9 Å². The lowest BCUT2D eigenvalue weighted by Crippen LogP contribution is -2.52. The molecule has 1 aromatic rings. The summed E-state index contributed by atoms with van der Waals surface area (Å²) in [5.41, 5.74) is 3.50. The smallest absolute Gasteiger partial charge is 0.184 e. The Balaban J connectivity index is 1.93. The summed E-state index contributed by atoms with van der Waals surface area (Å²) >= 11 is 0. The van der Waals surface area contributed by atoms with Crippen molar-refractivity contribution in [3.63, 3.8) is 0 Å². The van der Waals surface area contributed by atoms with Gasteiger partial charge < -0.3 is 14.2 Å². The highest BCUT2D eigenvalue weighted by molar-refractivity contribution is 5.96. The van der Waals surface area contributed by atoms with Crippen molar-refractivity contribution in [2.24, 2.45) is 0 Å². The predicted molar refractivity (Wildman–Crippen MR) is 89.6 cm³/mol. The van der Waals surface area contributed by atoms with E-state index in [-0.39, 0.29) is 17.4 Å². The van der Waals surface area contributed by atoms with Gasteiger partial charge in [-0.15, -0.1) is 0 Å². The third kappa shape index (κ3) is 1.98. The molecule has 2 atom stereocenters. The first-order chi connectivity index (χ1) is 11.6. The van der Waals surface area contributed by atoms with Gasteiger partial charge in [0.2, 0.25) is 0 Å². The Kier molecular flexibility index (Phi) is 3.66. The standard InChI is InChI=1S/C19H23NO4/c1-22-16-8-12-4-6-20-7-5-13-9-15(21)18(24-3)11-19(13,20)14(12)10-17(16)23-2/h8-10,18H,4-7,11H2,1-3H3/t18?,19-/m0/s1. The number of carbonyl (C=O) groups is 1. The quantitative estimate of drug-likeness (QED) is 0.850. The molecule has 5 heteroatoms. The molecule has 0 radical (unpaired) electrons. The number of rotatable bonds is 3. The topological polar surface area (TPSA) is 48.0 Å². The zero-order chi connectivity index (χ0) is 16.9. The molecular formula is C19H23NO4. The van der Waals surface area contributed by atoms with Crippen LogP contribution in [0, 0.1) is 0 Å². The Bertz CT molecular complexity index is 726. The van der Waals surface area contributed by atoms with E-state index < -0.39 is 0 Å². The van der Waals surface area contributed by atoms with Gasteiger partial charge >= 0.3 is 0 Å². The second-order valence-corrected chi connectivity index (χ2v) is 6.71. The molecule has 4 rings (SSSR count). The van der Waals surface area contributed by atoms with Gasteiger partial charge in [-0.3, -0.25) is 9.69 Å². The van der Waals surface area contributed by atoms with Gasteiger partial charge in [-0.2, -0.15) is 0 Å². The van der Waals surface area contributed by atoms with Gasteiger partial charge in [-0.1, -0.05) is 0 Å². The average molecular weight is 329 g/mol. The number of carbonyl (C=O) groups excluding carboxylic acids is 1. The molecule has 0 saturated carbocycles. The Labute approximate surface area is 142 Å². The molecule has 2 heterocycles. The minimum atomic E-state index is -0.381. The number of nitrogens with zero attached hydrogens (tertiary/aromatic N) is 1. The molecule has 3 aliphatic rings. The Morgan fingerprint density at radius 3 is 2.50 bits per heavy atom. The first kappa shape index (κ1) is 15.7. The normalized spacial score (nSPS) is 28.7. The molecular weight excluding hydrogens is 306 g/mol. The predicted octanol–water partition coefficient (Wildman–Crippen LogP) is 2.08. The van der Waals surface area contributed by atoms with Gasteiger partial charge in [0, 0.05) is 26.6 Å². The Morgan fingerprint density at radius 2 is 1.79 bits per heavy atom. The summed E-state index contributed by atoms with van der Waals surface area (Å²) in [6.07, 6.45) is 4.04. The number of ether oxygens (including phenoxy) is 3. The molecule has 0 N–H and O–H groups in total. The first-order valence-electron chi connectivity index (χ1n) is 8.42. The van der Waals surface area contributed by atoms with E-state index in [0.29, 0.717) is 6.42 Å². The maximum Gasteiger partial charge on any atom is 0.184 e. The largest absolute Gasteiger partial charge is 0.493 e. The van der Waals surface area contributed by atoms with Gasteiger partial charge in [-0.25, -0.2) is 0 Å². The molecule has 2 aliphatic heterocycles. The van der Waals surface area contributed by atoms with Crippen LogP contribution in [0.3, 0.4) is 0 Å². The number of fused-ring (bicyclic) bond motifs is 1. The molecule has 1 aromatic carbocycles. The third-order valence-electron chi connectivity index (χ3n) is 5.83. The van der Waals surface area contributed by atoms with Gasteiger partial charge in [0.05, 0.1) is 19.8 Å². The summed E-state index contributed by atoms with van der Waals surface area (Å²) in [4.78, 5) is 14.8. The van der Waals surface area contributed by atoms with Crippen molar-refractivity contribution in [1.29, 1.82) is 0 Å². The van der Waals surface area contributed by atoms with Crippen LogP contribution in [-0.2, 0) is 21.5 Å². The second-order valence-electron chi connectivity index (χ2n) is 6.71. The highest BCUT2D eigenvalue weighted by Crippen LogP contribution is 2.53. The van der Waals surface area contributed by atoms with E-state index in [1.165, 1.54) is 16.7 Å². The number of benzene rings is 1. The van der Waals surface area contributed by atoms with E-state index in [1.807, 2.05) is 6.08 Å². The van der Waals surface area contributed by atoms with Gasteiger partial charge in [0.25, 0.3) is 0 Å². The van der Waals surface area contributed by atoms with Crippen molar-refractivity contribution in [3.8, 4) is 11.5 Å². The lowest BCUT2D eigenvalue weighted by Gasteiger charge is -2.47. The zero-order valence-corrected chi connectivity index (χ0v) is 14.4. The number of ketones is 1. The van der Waals surface area contributed by atoms with Crippen LogP contribution in [-0.4, -0.2) is 51.2 Å². The SMILES string of the molecule is COc1cc2c(cc1OC)[C@]13CC(OC)C(=O)C=C1CCN3CC2. The van der Waals surface area contributed by atoms with Crippen LogP contribution in [0.1, 0.15) is 24.0 Å². The zero-order valence-electron chi connectivity index (χ0n) is 14.4.